The molecule has 2 heteroatoms. The van der Waals surface area contributed by atoms with Crippen LogP contribution >= 0.6 is 0 Å². The lowest BCUT2D eigenvalue weighted by Crippen LogP contribution is -1.96. The van der Waals surface area contributed by atoms with E-state index < -0.39 is 0 Å². The molecule has 0 spiro atoms. The lowest BCUT2D eigenvalue weighted by atomic mass is 9.96. The summed E-state index contributed by atoms with van der Waals surface area (Å²) in [6, 6.07) is 9.86. The molecule has 0 aliphatic rings. The van der Waals surface area contributed by atoms with Gasteiger partial charge in [-0.05, 0) is 47.6 Å². The molecule has 106 valence electrons. The van der Waals surface area contributed by atoms with Crippen molar-refractivity contribution in [3.63, 3.8) is 0 Å². The molecule has 0 aliphatic carbocycles. The number of hydrogen-bond donors (Lipinski definition) is 2. The second-order valence-corrected chi connectivity index (χ2v) is 5.23. The van der Waals surface area contributed by atoms with E-state index >= 15 is 0 Å². The standard InChI is InChI=1S/C18H22O2/c1-4-13-9-12(3)17(19)16(10-13)11-15-8-6-7-14(5-2)18(15)20/h6-10,19-20H,4-5,11H2,1-3H3. The third kappa shape index (κ3) is 2.79. The maximum Gasteiger partial charge on any atom is 0.122 e. The van der Waals surface area contributed by atoms with Crippen LogP contribution in [-0.4, -0.2) is 10.2 Å². The summed E-state index contributed by atoms with van der Waals surface area (Å²) in [5.74, 6) is 0.692. The fraction of sp³-hybridized carbons (Fsp3) is 0.333. The topological polar surface area (TPSA) is 40.5 Å². The maximum absolute atomic E-state index is 10.3. The molecule has 2 aromatic rings. The zero-order valence-electron chi connectivity index (χ0n) is 12.4. The predicted octanol–water partition coefficient (Wildman–Crippen LogP) is 4.12. The van der Waals surface area contributed by atoms with Crippen molar-refractivity contribution in [3.8, 4) is 11.5 Å². The molecule has 2 nitrogen and oxygen atoms in total. The van der Waals surface area contributed by atoms with E-state index in [0.717, 1.165) is 35.1 Å². The first kappa shape index (κ1) is 14.4. The molecule has 0 bridgehead atoms. The van der Waals surface area contributed by atoms with Crippen LogP contribution in [0.1, 0.15) is 41.7 Å². The van der Waals surface area contributed by atoms with Crippen molar-refractivity contribution in [2.75, 3.05) is 0 Å². The van der Waals surface area contributed by atoms with Crippen molar-refractivity contribution >= 4 is 0 Å². The summed E-state index contributed by atoms with van der Waals surface area (Å²) in [7, 11) is 0. The fourth-order valence-electron chi connectivity index (χ4n) is 2.55. The van der Waals surface area contributed by atoms with Crippen molar-refractivity contribution in [3.05, 3.63) is 58.1 Å². The van der Waals surface area contributed by atoms with Crippen molar-refractivity contribution in [1.82, 2.24) is 0 Å². The Hall–Kier alpha value is -1.96. The van der Waals surface area contributed by atoms with Gasteiger partial charge in [-0.1, -0.05) is 44.2 Å². The van der Waals surface area contributed by atoms with Crippen LogP contribution in [0.3, 0.4) is 0 Å². The third-order valence-corrected chi connectivity index (χ3v) is 3.81. The van der Waals surface area contributed by atoms with Crippen LogP contribution in [0.15, 0.2) is 30.3 Å². The molecular formula is C18H22O2. The van der Waals surface area contributed by atoms with E-state index in [4.69, 9.17) is 0 Å². The first-order valence-electron chi connectivity index (χ1n) is 7.17. The number of aromatic hydroxyl groups is 2. The molecular weight excluding hydrogens is 248 g/mol. The van der Waals surface area contributed by atoms with E-state index in [2.05, 4.69) is 6.92 Å². The van der Waals surface area contributed by atoms with Gasteiger partial charge in [-0.15, -0.1) is 0 Å². The summed E-state index contributed by atoms with van der Waals surface area (Å²) in [6.07, 6.45) is 2.30. The van der Waals surface area contributed by atoms with Gasteiger partial charge in [0.2, 0.25) is 0 Å². The van der Waals surface area contributed by atoms with E-state index in [1.807, 2.05) is 44.2 Å². The van der Waals surface area contributed by atoms with Gasteiger partial charge in [0.15, 0.2) is 0 Å². The van der Waals surface area contributed by atoms with E-state index in [9.17, 15) is 10.2 Å². The van der Waals surface area contributed by atoms with E-state index in [0.29, 0.717) is 17.9 Å². The maximum atomic E-state index is 10.3. The number of phenols is 2. The molecule has 2 rings (SSSR count). The normalized spacial score (nSPS) is 10.8. The molecule has 0 heterocycles. The van der Waals surface area contributed by atoms with Crippen molar-refractivity contribution in [1.29, 1.82) is 0 Å². The van der Waals surface area contributed by atoms with E-state index in [1.165, 1.54) is 5.56 Å². The summed E-state index contributed by atoms with van der Waals surface area (Å²) < 4.78 is 0. The highest BCUT2D eigenvalue weighted by molar-refractivity contribution is 5.49. The van der Waals surface area contributed by atoms with E-state index in [-0.39, 0.29) is 0 Å². The Morgan fingerprint density at radius 3 is 2.20 bits per heavy atom. The molecule has 0 saturated heterocycles. The van der Waals surface area contributed by atoms with Crippen LogP contribution in [0.5, 0.6) is 11.5 Å². The van der Waals surface area contributed by atoms with Gasteiger partial charge in [0.1, 0.15) is 11.5 Å². The first-order chi connectivity index (χ1) is 9.56. The SMILES string of the molecule is CCc1cc(C)c(O)c(Cc2cccc(CC)c2O)c1. The van der Waals surface area contributed by atoms with Crippen LogP contribution in [-0.2, 0) is 19.3 Å². The fourth-order valence-corrected chi connectivity index (χ4v) is 2.55. The van der Waals surface area contributed by atoms with Gasteiger partial charge in [0, 0.05) is 6.42 Å². The van der Waals surface area contributed by atoms with Crippen molar-refractivity contribution in [2.45, 2.75) is 40.0 Å². The Balaban J connectivity index is 2.42. The summed E-state index contributed by atoms with van der Waals surface area (Å²) in [6.45, 7) is 6.04. The van der Waals surface area contributed by atoms with Crippen LogP contribution < -0.4 is 0 Å². The smallest absolute Gasteiger partial charge is 0.122 e. The summed E-state index contributed by atoms with van der Waals surface area (Å²) in [5, 5.41) is 20.5. The second kappa shape index (κ2) is 6.00. The second-order valence-electron chi connectivity index (χ2n) is 5.23. The lowest BCUT2D eigenvalue weighted by molar-refractivity contribution is 0.457. The molecule has 20 heavy (non-hydrogen) atoms. The third-order valence-electron chi connectivity index (χ3n) is 3.81. The molecule has 0 saturated carbocycles. The average molecular weight is 270 g/mol. The minimum atomic E-state index is 0.337. The van der Waals surface area contributed by atoms with Gasteiger partial charge in [0.25, 0.3) is 0 Å². The Labute approximate surface area is 120 Å². The summed E-state index contributed by atoms with van der Waals surface area (Å²) in [4.78, 5) is 0. The monoisotopic (exact) mass is 270 g/mol. The highest BCUT2D eigenvalue weighted by atomic mass is 16.3. The number of rotatable bonds is 4. The zero-order valence-corrected chi connectivity index (χ0v) is 12.4. The van der Waals surface area contributed by atoms with Crippen LogP contribution in [0.4, 0.5) is 0 Å². The van der Waals surface area contributed by atoms with Gasteiger partial charge in [-0.2, -0.15) is 0 Å². The van der Waals surface area contributed by atoms with Gasteiger partial charge >= 0.3 is 0 Å². The quantitative estimate of drug-likeness (QED) is 0.877. The minimum absolute atomic E-state index is 0.337. The number of hydrogen-bond acceptors (Lipinski definition) is 2. The van der Waals surface area contributed by atoms with Crippen LogP contribution in [0.2, 0.25) is 0 Å². The number of aryl methyl sites for hydroxylation is 3. The highest BCUT2D eigenvalue weighted by Crippen LogP contribution is 2.30. The van der Waals surface area contributed by atoms with Gasteiger partial charge in [-0.3, -0.25) is 0 Å². The molecule has 0 aliphatic heterocycles. The first-order valence-corrected chi connectivity index (χ1v) is 7.17. The highest BCUT2D eigenvalue weighted by Gasteiger charge is 2.11. The number of phenolic OH excluding ortho intramolecular Hbond substituents is 2. The molecule has 0 aromatic heterocycles. The van der Waals surface area contributed by atoms with Gasteiger partial charge < -0.3 is 10.2 Å². The summed E-state index contributed by atoms with van der Waals surface area (Å²) in [5.41, 5.74) is 4.80. The van der Waals surface area contributed by atoms with Crippen molar-refractivity contribution < 1.29 is 10.2 Å². The Bertz CT molecular complexity index is 615. The molecule has 0 atom stereocenters. The molecule has 0 unspecified atom stereocenters. The lowest BCUT2D eigenvalue weighted by Gasteiger charge is -2.12. The molecule has 2 N–H and O–H groups in total. The van der Waals surface area contributed by atoms with Gasteiger partial charge in [0.05, 0.1) is 0 Å². The predicted molar refractivity (Wildman–Crippen MR) is 82.5 cm³/mol. The van der Waals surface area contributed by atoms with Crippen molar-refractivity contribution in [2.24, 2.45) is 0 Å². The minimum Gasteiger partial charge on any atom is -0.507 e. The number of benzene rings is 2. The Morgan fingerprint density at radius 2 is 1.55 bits per heavy atom. The average Bonchev–Trinajstić information content (AvgIpc) is 2.45. The van der Waals surface area contributed by atoms with E-state index in [1.54, 1.807) is 0 Å². The Morgan fingerprint density at radius 1 is 0.850 bits per heavy atom. The van der Waals surface area contributed by atoms with Gasteiger partial charge in [-0.25, -0.2) is 0 Å². The van der Waals surface area contributed by atoms with Crippen LogP contribution in [0, 0.1) is 6.92 Å². The molecule has 0 radical (unpaired) electrons. The largest absolute Gasteiger partial charge is 0.507 e. The zero-order chi connectivity index (χ0) is 14.7. The molecule has 2 aromatic carbocycles. The summed E-state index contributed by atoms with van der Waals surface area (Å²) >= 11 is 0. The van der Waals surface area contributed by atoms with Crippen LogP contribution in [0.25, 0.3) is 0 Å². The Kier molecular flexibility index (Phi) is 4.33. The number of para-hydroxylation sites is 1. The molecule has 0 fully saturated rings. The molecule has 0 amide bonds.